The maximum absolute atomic E-state index is 11.2. The fourth-order valence-electron chi connectivity index (χ4n) is 2.68. The second kappa shape index (κ2) is 6.43. The molecule has 0 saturated heterocycles. The molecule has 2 atom stereocenters. The average Bonchev–Trinajstić information content (AvgIpc) is 2.92. The Bertz CT molecular complexity index is 428. The van der Waals surface area contributed by atoms with E-state index in [2.05, 4.69) is 22.4 Å². The van der Waals surface area contributed by atoms with Crippen LogP contribution >= 0.6 is 11.8 Å². The van der Waals surface area contributed by atoms with Gasteiger partial charge in [0.2, 0.25) is 0 Å². The van der Waals surface area contributed by atoms with Crippen LogP contribution in [0.5, 0.6) is 0 Å². The van der Waals surface area contributed by atoms with E-state index in [9.17, 15) is 4.79 Å². The normalized spacial score (nSPS) is 23.7. The van der Waals surface area contributed by atoms with Crippen molar-refractivity contribution in [3.05, 3.63) is 10.5 Å². The number of aromatic nitrogens is 3. The van der Waals surface area contributed by atoms with Crippen LogP contribution in [0.3, 0.4) is 0 Å². The van der Waals surface area contributed by atoms with Crippen molar-refractivity contribution >= 4 is 11.8 Å². The van der Waals surface area contributed by atoms with E-state index in [-0.39, 0.29) is 5.69 Å². The standard InChI is InChI=1S/C12H22N4OS/c1-3-13-10-6-4-5-9(10)7-8-18-12-15-14-11(17)16(12)2/h9-10,13H,3-8H2,1-2H3,(H,14,17). The van der Waals surface area contributed by atoms with Crippen molar-refractivity contribution in [1.82, 2.24) is 20.1 Å². The molecule has 2 rings (SSSR count). The highest BCUT2D eigenvalue weighted by Gasteiger charge is 2.25. The lowest BCUT2D eigenvalue weighted by atomic mass is 10.0. The van der Waals surface area contributed by atoms with Crippen LogP contribution < -0.4 is 11.0 Å². The summed E-state index contributed by atoms with van der Waals surface area (Å²) >= 11 is 1.67. The zero-order valence-corrected chi connectivity index (χ0v) is 11.9. The number of hydrogen-bond acceptors (Lipinski definition) is 4. The largest absolute Gasteiger partial charge is 0.343 e. The van der Waals surface area contributed by atoms with Crippen LogP contribution in [-0.4, -0.2) is 33.1 Å². The molecule has 0 spiro atoms. The second-order valence-corrected chi connectivity index (χ2v) is 5.92. The Morgan fingerprint density at radius 1 is 1.56 bits per heavy atom. The zero-order valence-electron chi connectivity index (χ0n) is 11.1. The molecular formula is C12H22N4OS. The molecule has 1 saturated carbocycles. The Labute approximate surface area is 112 Å². The van der Waals surface area contributed by atoms with Crippen molar-refractivity contribution in [3.63, 3.8) is 0 Å². The van der Waals surface area contributed by atoms with Crippen LogP contribution in [0, 0.1) is 5.92 Å². The first-order chi connectivity index (χ1) is 8.72. The summed E-state index contributed by atoms with van der Waals surface area (Å²) < 4.78 is 1.57. The number of nitrogens with zero attached hydrogens (tertiary/aromatic N) is 2. The van der Waals surface area contributed by atoms with Gasteiger partial charge in [-0.2, -0.15) is 0 Å². The topological polar surface area (TPSA) is 62.7 Å². The fourth-order valence-corrected chi connectivity index (χ4v) is 3.67. The quantitative estimate of drug-likeness (QED) is 0.766. The summed E-state index contributed by atoms with van der Waals surface area (Å²) in [6.45, 7) is 3.23. The fraction of sp³-hybridized carbons (Fsp3) is 0.833. The van der Waals surface area contributed by atoms with Crippen LogP contribution in [0.25, 0.3) is 0 Å². The van der Waals surface area contributed by atoms with Gasteiger partial charge >= 0.3 is 5.69 Å². The summed E-state index contributed by atoms with van der Waals surface area (Å²) in [5, 5.41) is 10.8. The lowest BCUT2D eigenvalue weighted by Crippen LogP contribution is -2.32. The summed E-state index contributed by atoms with van der Waals surface area (Å²) in [6.07, 6.45) is 5.18. The van der Waals surface area contributed by atoms with Gasteiger partial charge in [0.25, 0.3) is 0 Å². The van der Waals surface area contributed by atoms with Gasteiger partial charge in [0.15, 0.2) is 5.16 Å². The molecule has 18 heavy (non-hydrogen) atoms. The number of rotatable bonds is 6. The summed E-state index contributed by atoms with van der Waals surface area (Å²) in [5.74, 6) is 1.82. The molecule has 2 unspecified atom stereocenters. The average molecular weight is 270 g/mol. The Hall–Kier alpha value is -0.750. The van der Waals surface area contributed by atoms with Crippen LogP contribution in [0.15, 0.2) is 9.95 Å². The zero-order chi connectivity index (χ0) is 13.0. The Kier molecular flexibility index (Phi) is 4.88. The molecule has 0 bridgehead atoms. The number of aromatic amines is 1. The molecule has 1 fully saturated rings. The van der Waals surface area contributed by atoms with Gasteiger partial charge in [-0.25, -0.2) is 9.89 Å². The van der Waals surface area contributed by atoms with E-state index in [0.717, 1.165) is 23.4 Å². The van der Waals surface area contributed by atoms with E-state index in [1.54, 1.807) is 23.4 Å². The van der Waals surface area contributed by atoms with Crippen LogP contribution in [0.1, 0.15) is 32.6 Å². The minimum Gasteiger partial charge on any atom is -0.314 e. The monoisotopic (exact) mass is 270 g/mol. The Morgan fingerprint density at radius 2 is 2.39 bits per heavy atom. The van der Waals surface area contributed by atoms with Gasteiger partial charge in [0.05, 0.1) is 0 Å². The van der Waals surface area contributed by atoms with Gasteiger partial charge in [-0.1, -0.05) is 25.1 Å². The molecule has 6 heteroatoms. The number of hydrogen-bond donors (Lipinski definition) is 2. The first kappa shape index (κ1) is 13.7. The highest BCUT2D eigenvalue weighted by atomic mass is 32.2. The van der Waals surface area contributed by atoms with Crippen molar-refractivity contribution in [2.45, 2.75) is 43.8 Å². The molecule has 0 amide bonds. The molecule has 5 nitrogen and oxygen atoms in total. The van der Waals surface area contributed by atoms with Crippen LogP contribution in [0.4, 0.5) is 0 Å². The SMILES string of the molecule is CCNC1CCCC1CCSc1n[nH]c(=O)n1C. The van der Waals surface area contributed by atoms with Crippen LogP contribution in [0.2, 0.25) is 0 Å². The maximum atomic E-state index is 11.2. The molecule has 0 aliphatic heterocycles. The van der Waals surface area contributed by atoms with Gasteiger partial charge in [-0.15, -0.1) is 5.10 Å². The molecule has 1 heterocycles. The van der Waals surface area contributed by atoms with Crippen molar-refractivity contribution < 1.29 is 0 Å². The molecule has 1 aromatic heterocycles. The predicted octanol–water partition coefficient (Wildman–Crippen LogP) is 1.37. The van der Waals surface area contributed by atoms with Crippen molar-refractivity contribution in [1.29, 1.82) is 0 Å². The van der Waals surface area contributed by atoms with E-state index < -0.39 is 0 Å². The van der Waals surface area contributed by atoms with E-state index in [1.807, 2.05) is 0 Å². The van der Waals surface area contributed by atoms with E-state index in [4.69, 9.17) is 0 Å². The third-order valence-electron chi connectivity index (χ3n) is 3.68. The van der Waals surface area contributed by atoms with E-state index >= 15 is 0 Å². The van der Waals surface area contributed by atoms with E-state index in [0.29, 0.717) is 6.04 Å². The lowest BCUT2D eigenvalue weighted by Gasteiger charge is -2.19. The van der Waals surface area contributed by atoms with Crippen molar-refractivity contribution in [2.24, 2.45) is 13.0 Å². The summed E-state index contributed by atoms with van der Waals surface area (Å²) in [4.78, 5) is 11.2. The highest BCUT2D eigenvalue weighted by Crippen LogP contribution is 2.30. The lowest BCUT2D eigenvalue weighted by molar-refractivity contribution is 0.400. The van der Waals surface area contributed by atoms with Gasteiger partial charge in [0.1, 0.15) is 0 Å². The number of thioether (sulfide) groups is 1. The third kappa shape index (κ3) is 3.17. The smallest absolute Gasteiger partial charge is 0.314 e. The second-order valence-electron chi connectivity index (χ2n) is 4.86. The summed E-state index contributed by atoms with van der Waals surface area (Å²) in [6, 6.07) is 0.693. The van der Waals surface area contributed by atoms with Gasteiger partial charge in [0, 0.05) is 18.8 Å². The molecule has 0 radical (unpaired) electrons. The Morgan fingerprint density at radius 3 is 3.06 bits per heavy atom. The minimum atomic E-state index is -0.135. The number of nitrogens with one attached hydrogen (secondary N) is 2. The van der Waals surface area contributed by atoms with E-state index in [1.165, 1.54) is 25.7 Å². The molecule has 2 N–H and O–H groups in total. The third-order valence-corrected chi connectivity index (χ3v) is 4.75. The van der Waals surface area contributed by atoms with Gasteiger partial charge in [-0.05, 0) is 31.7 Å². The van der Waals surface area contributed by atoms with Gasteiger partial charge in [-0.3, -0.25) is 4.57 Å². The first-order valence-corrected chi connectivity index (χ1v) is 7.68. The molecular weight excluding hydrogens is 248 g/mol. The van der Waals surface area contributed by atoms with Crippen LogP contribution in [-0.2, 0) is 7.05 Å². The minimum absolute atomic E-state index is 0.135. The summed E-state index contributed by atoms with van der Waals surface area (Å²) in [5.41, 5.74) is -0.135. The molecule has 0 aromatic carbocycles. The maximum Gasteiger partial charge on any atom is 0.343 e. The first-order valence-electron chi connectivity index (χ1n) is 6.70. The molecule has 1 aliphatic rings. The molecule has 102 valence electrons. The molecule has 1 aliphatic carbocycles. The number of H-pyrrole nitrogens is 1. The van der Waals surface area contributed by atoms with Crippen molar-refractivity contribution in [2.75, 3.05) is 12.3 Å². The van der Waals surface area contributed by atoms with Crippen molar-refractivity contribution in [3.8, 4) is 0 Å². The Balaban J connectivity index is 1.78. The van der Waals surface area contributed by atoms with Gasteiger partial charge < -0.3 is 5.32 Å². The predicted molar refractivity (Wildman–Crippen MR) is 74.0 cm³/mol. The molecule has 1 aromatic rings. The summed E-state index contributed by atoms with van der Waals surface area (Å²) in [7, 11) is 1.76. The highest BCUT2D eigenvalue weighted by molar-refractivity contribution is 7.99.